The molecule has 0 radical (unpaired) electrons. The van der Waals surface area contributed by atoms with E-state index in [9.17, 15) is 22.8 Å². The molecule has 41 heavy (non-hydrogen) atoms. The molecule has 0 aliphatic heterocycles. The van der Waals surface area contributed by atoms with E-state index in [2.05, 4.69) is 25.4 Å². The lowest BCUT2D eigenvalue weighted by molar-refractivity contribution is -0.109. The quantitative estimate of drug-likeness (QED) is 0.242. The van der Waals surface area contributed by atoms with E-state index in [1.165, 1.54) is 6.20 Å². The minimum atomic E-state index is -2.99. The minimum Gasteiger partial charge on any atom is -0.359 e. The molecule has 1 amide bonds. The number of hydrogen-bond acceptors (Lipinski definition) is 7. The zero-order valence-electron chi connectivity index (χ0n) is 22.0. The number of amides is 1. The van der Waals surface area contributed by atoms with E-state index >= 15 is 0 Å². The highest BCUT2D eigenvalue weighted by atomic mass is 35.5. The van der Waals surface area contributed by atoms with Gasteiger partial charge in [-0.2, -0.15) is 5.10 Å². The molecule has 3 unspecified atom stereocenters. The number of aromatic nitrogens is 5. The van der Waals surface area contributed by atoms with Crippen LogP contribution in [0.1, 0.15) is 47.4 Å². The molecule has 1 aliphatic carbocycles. The van der Waals surface area contributed by atoms with Crippen LogP contribution in [0.5, 0.6) is 0 Å². The Morgan fingerprint density at radius 2 is 2.02 bits per heavy atom. The van der Waals surface area contributed by atoms with Crippen LogP contribution in [0.4, 0.5) is 24.7 Å². The number of nitrogens with one attached hydrogen (secondary N) is 1. The lowest BCUT2D eigenvalue weighted by Gasteiger charge is -2.19. The summed E-state index contributed by atoms with van der Waals surface area (Å²) in [5.41, 5.74) is -0.346. The summed E-state index contributed by atoms with van der Waals surface area (Å²) in [6.07, 6.45) is 5.99. The first-order chi connectivity index (χ1) is 19.7. The van der Waals surface area contributed by atoms with E-state index in [4.69, 9.17) is 11.6 Å². The minimum absolute atomic E-state index is 0.145. The van der Waals surface area contributed by atoms with Crippen LogP contribution in [0.15, 0.2) is 55.2 Å². The first-order valence-electron chi connectivity index (χ1n) is 12.7. The number of halogens is 4. The molecule has 4 aromatic rings. The summed E-state index contributed by atoms with van der Waals surface area (Å²) < 4.78 is 43.4. The number of benzene rings is 1. The zero-order valence-corrected chi connectivity index (χ0v) is 22.8. The maximum atomic E-state index is 14.7. The molecule has 3 aromatic heterocycles. The van der Waals surface area contributed by atoms with Crippen LogP contribution in [0.3, 0.4) is 0 Å². The Kier molecular flexibility index (Phi) is 8.02. The van der Waals surface area contributed by atoms with Crippen LogP contribution >= 0.6 is 11.6 Å². The average Bonchev–Trinajstić information content (AvgIpc) is 3.57. The number of hydrogen-bond donors (Lipinski definition) is 1. The first-order valence-corrected chi connectivity index (χ1v) is 13.1. The number of aldehydes is 1. The topological polar surface area (TPSA) is 106 Å². The van der Waals surface area contributed by atoms with Crippen LogP contribution in [-0.4, -0.2) is 50.5 Å². The molecule has 0 bridgehead atoms. The van der Waals surface area contributed by atoms with Crippen molar-refractivity contribution in [2.75, 3.05) is 23.8 Å². The van der Waals surface area contributed by atoms with Gasteiger partial charge in [-0.25, -0.2) is 23.1 Å². The second-order valence-corrected chi connectivity index (χ2v) is 10.3. The fourth-order valence-electron chi connectivity index (χ4n) is 4.53. The zero-order chi connectivity index (χ0) is 29.3. The number of carbonyl (C=O) groups excluding carboxylic acids is 2. The second-order valence-electron chi connectivity index (χ2n) is 9.88. The Morgan fingerprint density at radius 3 is 2.71 bits per heavy atom. The van der Waals surface area contributed by atoms with Crippen molar-refractivity contribution >= 4 is 35.3 Å². The van der Waals surface area contributed by atoms with Crippen molar-refractivity contribution in [2.45, 2.75) is 25.8 Å². The lowest BCUT2D eigenvalue weighted by Crippen LogP contribution is -2.22. The monoisotopic (exact) mass is 583 g/mol. The van der Waals surface area contributed by atoms with Gasteiger partial charge in [0.1, 0.15) is 17.8 Å². The molecule has 1 saturated carbocycles. The largest absolute Gasteiger partial charge is 0.359 e. The van der Waals surface area contributed by atoms with Crippen molar-refractivity contribution < 1.29 is 22.8 Å². The molecule has 13 heteroatoms. The Balaban J connectivity index is 1.27. The molecule has 1 aliphatic rings. The van der Waals surface area contributed by atoms with Gasteiger partial charge in [0.2, 0.25) is 0 Å². The third kappa shape index (κ3) is 6.07. The van der Waals surface area contributed by atoms with Gasteiger partial charge in [-0.1, -0.05) is 23.7 Å². The van der Waals surface area contributed by atoms with E-state index in [0.717, 1.165) is 55.2 Å². The standard InChI is InChI=1S/C28H25ClF3N7O2/c1-15(16-3-6-24(34-8-16)38(2)12-17-7-18(17)14-40)39-13-19(9-35-39)36-28(41)23-11-33-10-22(37-23)25-20(27(31)32)4-5-21(29)26(25)30/h3-6,8-11,13-15,17-18,27H,7,12H2,1-2H3,(H,36,41). The van der Waals surface area contributed by atoms with Gasteiger partial charge in [-0.15, -0.1) is 0 Å². The highest BCUT2D eigenvalue weighted by Gasteiger charge is 2.37. The van der Waals surface area contributed by atoms with Crippen molar-refractivity contribution in [1.29, 1.82) is 0 Å². The van der Waals surface area contributed by atoms with Crippen LogP contribution < -0.4 is 10.2 Å². The van der Waals surface area contributed by atoms with Gasteiger partial charge >= 0.3 is 0 Å². The van der Waals surface area contributed by atoms with Crippen molar-refractivity contribution in [3.63, 3.8) is 0 Å². The molecule has 0 saturated heterocycles. The predicted molar refractivity (Wildman–Crippen MR) is 147 cm³/mol. The number of rotatable bonds is 10. The van der Waals surface area contributed by atoms with Crippen LogP contribution in [0.2, 0.25) is 5.02 Å². The number of carbonyl (C=O) groups is 2. The van der Waals surface area contributed by atoms with E-state index in [-0.39, 0.29) is 28.4 Å². The predicted octanol–water partition coefficient (Wildman–Crippen LogP) is 5.60. The smallest absolute Gasteiger partial charge is 0.275 e. The summed E-state index contributed by atoms with van der Waals surface area (Å²) in [6.45, 7) is 2.69. The highest BCUT2D eigenvalue weighted by molar-refractivity contribution is 6.31. The molecule has 1 N–H and O–H groups in total. The maximum absolute atomic E-state index is 14.7. The summed E-state index contributed by atoms with van der Waals surface area (Å²) in [4.78, 5) is 38.3. The summed E-state index contributed by atoms with van der Waals surface area (Å²) in [5, 5.41) is 6.61. The molecular weight excluding hydrogens is 559 g/mol. The van der Waals surface area contributed by atoms with Crippen molar-refractivity contribution in [3.8, 4) is 11.3 Å². The molecule has 5 rings (SSSR count). The molecule has 9 nitrogen and oxygen atoms in total. The van der Waals surface area contributed by atoms with Gasteiger partial charge in [0.25, 0.3) is 12.3 Å². The average molecular weight is 584 g/mol. The van der Waals surface area contributed by atoms with E-state index in [1.807, 2.05) is 31.0 Å². The lowest BCUT2D eigenvalue weighted by atomic mass is 10.0. The van der Waals surface area contributed by atoms with Gasteiger partial charge in [0, 0.05) is 43.0 Å². The third-order valence-corrected chi connectivity index (χ3v) is 7.34. The van der Waals surface area contributed by atoms with Gasteiger partial charge in [0.15, 0.2) is 5.82 Å². The molecule has 3 atom stereocenters. The van der Waals surface area contributed by atoms with Gasteiger partial charge in [-0.3, -0.25) is 14.5 Å². The molecular formula is C28H25ClF3N7O2. The number of pyridine rings is 1. The van der Waals surface area contributed by atoms with Gasteiger partial charge in [0.05, 0.1) is 41.0 Å². The Morgan fingerprint density at radius 1 is 1.22 bits per heavy atom. The summed E-state index contributed by atoms with van der Waals surface area (Å²) >= 11 is 5.80. The van der Waals surface area contributed by atoms with Crippen LogP contribution in [0, 0.1) is 17.7 Å². The van der Waals surface area contributed by atoms with Crippen molar-refractivity contribution in [2.24, 2.45) is 11.8 Å². The molecule has 212 valence electrons. The van der Waals surface area contributed by atoms with Crippen LogP contribution in [0.25, 0.3) is 11.3 Å². The Bertz CT molecular complexity index is 1580. The van der Waals surface area contributed by atoms with Crippen LogP contribution in [-0.2, 0) is 4.79 Å². The molecule has 3 heterocycles. The van der Waals surface area contributed by atoms with Crippen molar-refractivity contribution in [3.05, 3.63) is 82.9 Å². The number of anilines is 2. The Hall–Kier alpha value is -4.32. The fourth-order valence-corrected chi connectivity index (χ4v) is 4.69. The summed E-state index contributed by atoms with van der Waals surface area (Å²) in [7, 11) is 1.94. The molecule has 0 spiro atoms. The summed E-state index contributed by atoms with van der Waals surface area (Å²) in [5.74, 6) is -0.444. The molecule has 1 aromatic carbocycles. The normalized spacial score (nSPS) is 16.9. The SMILES string of the molecule is CC(c1ccc(N(C)CC2CC2C=O)nc1)n1cc(NC(=O)c2cncc(-c3c(C(F)F)ccc(Cl)c3F)n2)cn1. The first kappa shape index (κ1) is 28.2. The maximum Gasteiger partial charge on any atom is 0.275 e. The summed E-state index contributed by atoms with van der Waals surface area (Å²) in [6, 6.07) is 5.68. The fraction of sp³-hybridized carbons (Fsp3) is 0.286. The number of alkyl halides is 2. The van der Waals surface area contributed by atoms with Crippen molar-refractivity contribution in [1.82, 2.24) is 24.7 Å². The molecule has 1 fully saturated rings. The van der Waals surface area contributed by atoms with E-state index in [1.54, 1.807) is 17.1 Å². The highest BCUT2D eigenvalue weighted by Crippen LogP contribution is 2.38. The second kappa shape index (κ2) is 11.7. The Labute approximate surface area is 238 Å². The number of nitrogens with zero attached hydrogens (tertiary/aromatic N) is 6. The van der Waals surface area contributed by atoms with E-state index < -0.39 is 29.3 Å². The third-order valence-electron chi connectivity index (χ3n) is 7.05. The van der Waals surface area contributed by atoms with E-state index in [0.29, 0.717) is 11.6 Å². The van der Waals surface area contributed by atoms with Gasteiger partial charge < -0.3 is 15.0 Å². The van der Waals surface area contributed by atoms with Gasteiger partial charge in [-0.05, 0) is 37.0 Å².